The summed E-state index contributed by atoms with van der Waals surface area (Å²) in [5.41, 5.74) is 2.01. The third-order valence-electron chi connectivity index (χ3n) is 4.84. The maximum atomic E-state index is 12.5. The molecular weight excluding hydrogens is 394 g/mol. The van der Waals surface area contributed by atoms with Crippen LogP contribution in [0.5, 0.6) is 0 Å². The molecule has 0 saturated carbocycles. The van der Waals surface area contributed by atoms with Gasteiger partial charge >= 0.3 is 5.97 Å². The molecule has 0 spiro atoms. The SMILES string of the molecule is Cc1ccc(NC(=O)COC(=O)c2ccc3c(=O)n4c(nc3c2)CCC4)cc1Cl. The van der Waals surface area contributed by atoms with Crippen LogP contribution in [0.15, 0.2) is 41.2 Å². The standard InChI is InChI=1S/C21H18ClN3O4/c1-12-4-6-14(10-16(12)22)23-19(26)11-29-21(28)13-5-7-15-17(9-13)24-18-3-2-8-25(18)20(15)27/h4-7,9-10H,2-3,8,11H2,1H3,(H,23,26). The molecule has 4 rings (SSSR count). The molecule has 0 fully saturated rings. The number of aryl methyl sites for hydroxylation is 2. The third kappa shape index (κ3) is 3.86. The fourth-order valence-corrected chi connectivity index (χ4v) is 3.47. The minimum atomic E-state index is -0.661. The van der Waals surface area contributed by atoms with Crippen LogP contribution in [0.4, 0.5) is 5.69 Å². The Balaban J connectivity index is 1.45. The molecule has 8 heteroatoms. The van der Waals surface area contributed by atoms with Crippen molar-refractivity contribution in [3.05, 3.63) is 68.7 Å². The van der Waals surface area contributed by atoms with Gasteiger partial charge < -0.3 is 10.1 Å². The van der Waals surface area contributed by atoms with Gasteiger partial charge in [-0.05, 0) is 49.2 Å². The molecule has 1 aliphatic rings. The first-order chi connectivity index (χ1) is 13.9. The lowest BCUT2D eigenvalue weighted by Crippen LogP contribution is -2.22. The number of halogens is 1. The monoisotopic (exact) mass is 411 g/mol. The lowest BCUT2D eigenvalue weighted by Gasteiger charge is -2.09. The summed E-state index contributed by atoms with van der Waals surface area (Å²) < 4.78 is 6.76. The van der Waals surface area contributed by atoms with Crippen LogP contribution < -0.4 is 10.9 Å². The van der Waals surface area contributed by atoms with Crippen LogP contribution in [0.25, 0.3) is 10.9 Å². The minimum Gasteiger partial charge on any atom is -0.452 e. The number of nitrogens with one attached hydrogen (secondary N) is 1. The predicted octanol–water partition coefficient (Wildman–Crippen LogP) is 3.10. The van der Waals surface area contributed by atoms with E-state index in [-0.39, 0.29) is 11.1 Å². The average Bonchev–Trinajstić information content (AvgIpc) is 3.17. The number of anilines is 1. The van der Waals surface area contributed by atoms with Gasteiger partial charge in [-0.25, -0.2) is 9.78 Å². The van der Waals surface area contributed by atoms with Gasteiger partial charge in [0.15, 0.2) is 6.61 Å². The van der Waals surface area contributed by atoms with Gasteiger partial charge in [-0.15, -0.1) is 0 Å². The molecule has 2 aromatic carbocycles. The zero-order valence-corrected chi connectivity index (χ0v) is 16.5. The van der Waals surface area contributed by atoms with Gasteiger partial charge in [0, 0.05) is 23.7 Å². The Labute approximate surface area is 171 Å². The summed E-state index contributed by atoms with van der Waals surface area (Å²) in [6.45, 7) is 2.09. The average molecular weight is 412 g/mol. The fraction of sp³-hybridized carbons (Fsp3) is 0.238. The van der Waals surface area contributed by atoms with Gasteiger partial charge in [0.1, 0.15) is 5.82 Å². The number of amides is 1. The Bertz CT molecular complexity index is 1200. The zero-order valence-electron chi connectivity index (χ0n) is 15.7. The Hall–Kier alpha value is -3.19. The van der Waals surface area contributed by atoms with Gasteiger partial charge in [-0.1, -0.05) is 17.7 Å². The molecule has 1 aliphatic heterocycles. The molecule has 1 aromatic heterocycles. The van der Waals surface area contributed by atoms with Crippen molar-refractivity contribution in [3.63, 3.8) is 0 Å². The summed E-state index contributed by atoms with van der Waals surface area (Å²) in [5, 5.41) is 3.62. The molecule has 7 nitrogen and oxygen atoms in total. The van der Waals surface area contributed by atoms with Crippen molar-refractivity contribution in [2.24, 2.45) is 0 Å². The number of hydrogen-bond acceptors (Lipinski definition) is 5. The highest BCUT2D eigenvalue weighted by molar-refractivity contribution is 6.31. The van der Waals surface area contributed by atoms with Crippen molar-refractivity contribution < 1.29 is 14.3 Å². The smallest absolute Gasteiger partial charge is 0.338 e. The first kappa shape index (κ1) is 19.1. The Morgan fingerprint density at radius 1 is 1.24 bits per heavy atom. The molecule has 0 atom stereocenters. The molecule has 0 unspecified atom stereocenters. The highest BCUT2D eigenvalue weighted by atomic mass is 35.5. The lowest BCUT2D eigenvalue weighted by atomic mass is 10.1. The minimum absolute atomic E-state index is 0.0986. The van der Waals surface area contributed by atoms with E-state index >= 15 is 0 Å². The molecule has 0 bridgehead atoms. The van der Waals surface area contributed by atoms with Gasteiger partial charge in [0.05, 0.1) is 16.5 Å². The van der Waals surface area contributed by atoms with Crippen LogP contribution in [0.2, 0.25) is 5.02 Å². The number of carbonyl (C=O) groups excluding carboxylic acids is 2. The Morgan fingerprint density at radius 2 is 2.07 bits per heavy atom. The normalized spacial score (nSPS) is 12.6. The Kier molecular flexibility index (Phi) is 5.07. The summed E-state index contributed by atoms with van der Waals surface area (Å²) in [6, 6.07) is 9.73. The van der Waals surface area contributed by atoms with E-state index in [0.717, 1.165) is 24.2 Å². The Morgan fingerprint density at radius 3 is 2.86 bits per heavy atom. The van der Waals surface area contributed by atoms with E-state index in [2.05, 4.69) is 10.3 Å². The third-order valence-corrected chi connectivity index (χ3v) is 5.25. The summed E-state index contributed by atoms with van der Waals surface area (Å²) in [7, 11) is 0. The van der Waals surface area contributed by atoms with Crippen LogP contribution in [0, 0.1) is 6.92 Å². The molecule has 3 aromatic rings. The molecule has 2 heterocycles. The number of rotatable bonds is 4. The van der Waals surface area contributed by atoms with Crippen molar-refractivity contribution in [2.75, 3.05) is 11.9 Å². The number of hydrogen-bond donors (Lipinski definition) is 1. The van der Waals surface area contributed by atoms with E-state index in [1.54, 1.807) is 28.8 Å². The number of carbonyl (C=O) groups is 2. The molecule has 148 valence electrons. The summed E-state index contributed by atoms with van der Waals surface area (Å²) in [6.07, 6.45) is 1.62. The second-order valence-electron chi connectivity index (χ2n) is 6.91. The number of ether oxygens (including phenoxy) is 1. The van der Waals surface area contributed by atoms with Gasteiger partial charge in [0.25, 0.3) is 11.5 Å². The number of fused-ring (bicyclic) bond motifs is 2. The lowest BCUT2D eigenvalue weighted by molar-refractivity contribution is -0.119. The van der Waals surface area contributed by atoms with Crippen LogP contribution in [0.1, 0.15) is 28.2 Å². The summed E-state index contributed by atoms with van der Waals surface area (Å²) in [5.74, 6) is -0.413. The van der Waals surface area contributed by atoms with Crippen LogP contribution in [-0.2, 0) is 22.5 Å². The van der Waals surface area contributed by atoms with E-state index in [9.17, 15) is 14.4 Å². The first-order valence-corrected chi connectivity index (χ1v) is 9.57. The molecule has 0 saturated heterocycles. The van der Waals surface area contributed by atoms with E-state index in [0.29, 0.717) is 28.2 Å². The van der Waals surface area contributed by atoms with Crippen molar-refractivity contribution in [1.29, 1.82) is 0 Å². The van der Waals surface area contributed by atoms with Crippen molar-refractivity contribution >= 4 is 40.1 Å². The van der Waals surface area contributed by atoms with Gasteiger partial charge in [-0.3, -0.25) is 14.2 Å². The van der Waals surface area contributed by atoms with Crippen LogP contribution >= 0.6 is 11.6 Å². The second kappa shape index (κ2) is 7.67. The van der Waals surface area contributed by atoms with Crippen molar-refractivity contribution in [1.82, 2.24) is 9.55 Å². The maximum absolute atomic E-state index is 12.5. The maximum Gasteiger partial charge on any atom is 0.338 e. The van der Waals surface area contributed by atoms with Gasteiger partial charge in [0.2, 0.25) is 0 Å². The predicted molar refractivity (Wildman–Crippen MR) is 109 cm³/mol. The molecule has 1 amide bonds. The molecule has 29 heavy (non-hydrogen) atoms. The number of aromatic nitrogens is 2. The van der Waals surface area contributed by atoms with E-state index in [4.69, 9.17) is 16.3 Å². The second-order valence-corrected chi connectivity index (χ2v) is 7.32. The van der Waals surface area contributed by atoms with E-state index < -0.39 is 18.5 Å². The summed E-state index contributed by atoms with van der Waals surface area (Å²) >= 11 is 6.03. The highest BCUT2D eigenvalue weighted by Gasteiger charge is 2.18. The van der Waals surface area contributed by atoms with Crippen LogP contribution in [-0.4, -0.2) is 28.0 Å². The number of benzene rings is 2. The topological polar surface area (TPSA) is 90.3 Å². The van der Waals surface area contributed by atoms with Crippen LogP contribution in [0.3, 0.4) is 0 Å². The first-order valence-electron chi connectivity index (χ1n) is 9.19. The molecule has 0 radical (unpaired) electrons. The van der Waals surface area contributed by atoms with Crippen molar-refractivity contribution in [2.45, 2.75) is 26.3 Å². The fourth-order valence-electron chi connectivity index (χ4n) is 3.29. The number of esters is 1. The van der Waals surface area contributed by atoms with E-state index in [1.165, 1.54) is 12.1 Å². The zero-order chi connectivity index (χ0) is 20.5. The van der Waals surface area contributed by atoms with Crippen molar-refractivity contribution in [3.8, 4) is 0 Å². The van der Waals surface area contributed by atoms with E-state index in [1.807, 2.05) is 6.92 Å². The molecule has 1 N–H and O–H groups in total. The molecular formula is C21H18ClN3O4. The molecule has 0 aliphatic carbocycles. The number of nitrogens with zero attached hydrogens (tertiary/aromatic N) is 2. The van der Waals surface area contributed by atoms with Gasteiger partial charge in [-0.2, -0.15) is 0 Å². The highest BCUT2D eigenvalue weighted by Crippen LogP contribution is 2.20. The largest absolute Gasteiger partial charge is 0.452 e. The quantitative estimate of drug-likeness (QED) is 0.666. The summed E-state index contributed by atoms with van der Waals surface area (Å²) in [4.78, 5) is 41.3.